The number of unbranched alkanes of at least 4 members (excludes halogenated alkanes) is 16. The van der Waals surface area contributed by atoms with Gasteiger partial charge in [0.1, 0.15) is 12.2 Å². The molecule has 0 saturated heterocycles. The predicted molar refractivity (Wildman–Crippen MR) is 229 cm³/mol. The first kappa shape index (κ1) is 54.7. The fraction of sp³-hybridized carbons (Fsp3) is 0.957. The molecule has 0 amide bonds. The van der Waals surface area contributed by atoms with E-state index in [-0.39, 0.29) is 43.6 Å². The lowest BCUT2D eigenvalue weighted by Crippen LogP contribution is -2.34. The van der Waals surface area contributed by atoms with Gasteiger partial charge in [-0.05, 0) is 51.4 Å². The van der Waals surface area contributed by atoms with Crippen LogP contribution >= 0.6 is 0 Å². The predicted octanol–water partition coefficient (Wildman–Crippen LogP) is 10.4. The molecular formula is C46H91NO9. The van der Waals surface area contributed by atoms with E-state index >= 15 is 0 Å². The molecule has 0 aromatic heterocycles. The molecule has 0 rings (SSSR count). The average molecular weight is 802 g/mol. The van der Waals surface area contributed by atoms with E-state index in [4.69, 9.17) is 28.4 Å². The van der Waals surface area contributed by atoms with E-state index in [9.17, 15) is 14.7 Å². The van der Waals surface area contributed by atoms with Gasteiger partial charge in [-0.25, -0.2) is 0 Å². The van der Waals surface area contributed by atoms with E-state index in [1.165, 1.54) is 103 Å². The molecular weight excluding hydrogens is 711 g/mol. The van der Waals surface area contributed by atoms with Crippen LogP contribution in [0.3, 0.4) is 0 Å². The van der Waals surface area contributed by atoms with Crippen molar-refractivity contribution in [3.05, 3.63) is 0 Å². The standard InChI is InChI=1S/C46H91NO9/c1-5-9-13-17-19-23-27-43(25-21-15-11-7-3)55-45(49)29-35-51-39-41-53-37-32-47(31-34-48)33-38-54-42-40-52-36-30-46(50)56-44(26-22-16-12-8-4)28-24-20-18-14-10-6-2/h43-44,48H,5-42H2,1-4H3. The number of ether oxygens (including phenoxy) is 6. The average Bonchev–Trinajstić information content (AvgIpc) is 3.19. The summed E-state index contributed by atoms with van der Waals surface area (Å²) >= 11 is 0. The van der Waals surface area contributed by atoms with Crippen LogP contribution in [0.5, 0.6) is 0 Å². The van der Waals surface area contributed by atoms with Crippen LogP contribution in [0.1, 0.15) is 195 Å². The second kappa shape index (κ2) is 44.8. The number of aliphatic hydroxyl groups excluding tert-OH is 1. The molecule has 334 valence electrons. The fourth-order valence-corrected chi connectivity index (χ4v) is 6.74. The molecule has 0 fully saturated rings. The molecule has 0 aliphatic heterocycles. The molecule has 0 spiro atoms. The maximum Gasteiger partial charge on any atom is 0.308 e. The third-order valence-electron chi connectivity index (χ3n) is 10.3. The molecule has 2 unspecified atom stereocenters. The number of carbonyl (C=O) groups is 2. The van der Waals surface area contributed by atoms with E-state index in [2.05, 4.69) is 32.6 Å². The molecule has 0 radical (unpaired) electrons. The van der Waals surface area contributed by atoms with Gasteiger partial charge in [0.15, 0.2) is 0 Å². The monoisotopic (exact) mass is 802 g/mol. The minimum absolute atomic E-state index is 0.0270. The Kier molecular flexibility index (Phi) is 43.8. The third kappa shape index (κ3) is 39.5. The molecule has 0 bridgehead atoms. The highest BCUT2D eigenvalue weighted by Crippen LogP contribution is 2.18. The van der Waals surface area contributed by atoms with Crippen molar-refractivity contribution < 1.29 is 43.1 Å². The maximum absolute atomic E-state index is 12.5. The van der Waals surface area contributed by atoms with Gasteiger partial charge in [-0.2, -0.15) is 0 Å². The van der Waals surface area contributed by atoms with E-state index < -0.39 is 0 Å². The van der Waals surface area contributed by atoms with Crippen molar-refractivity contribution >= 4 is 11.9 Å². The Morgan fingerprint density at radius 2 is 0.714 bits per heavy atom. The molecule has 0 saturated carbocycles. The Hall–Kier alpha value is -1.30. The summed E-state index contributed by atoms with van der Waals surface area (Å²) in [4.78, 5) is 27.1. The first-order valence-corrected chi connectivity index (χ1v) is 23.5. The van der Waals surface area contributed by atoms with Crippen LogP contribution in [-0.2, 0) is 38.0 Å². The minimum atomic E-state index is -0.165. The molecule has 1 N–H and O–H groups in total. The van der Waals surface area contributed by atoms with Gasteiger partial charge < -0.3 is 33.5 Å². The summed E-state index contributed by atoms with van der Waals surface area (Å²) in [6.07, 6.45) is 28.9. The van der Waals surface area contributed by atoms with Gasteiger partial charge in [0, 0.05) is 19.6 Å². The van der Waals surface area contributed by atoms with Crippen LogP contribution in [0, 0.1) is 0 Å². The molecule has 10 nitrogen and oxygen atoms in total. The summed E-state index contributed by atoms with van der Waals surface area (Å²) in [5.74, 6) is -0.331. The summed E-state index contributed by atoms with van der Waals surface area (Å²) in [6, 6.07) is 0. The Balaban J connectivity index is 4.06. The number of hydrogen-bond donors (Lipinski definition) is 1. The minimum Gasteiger partial charge on any atom is -0.462 e. The smallest absolute Gasteiger partial charge is 0.308 e. The Morgan fingerprint density at radius 3 is 1.05 bits per heavy atom. The van der Waals surface area contributed by atoms with Crippen molar-refractivity contribution in [2.75, 3.05) is 79.1 Å². The zero-order valence-electron chi connectivity index (χ0n) is 37.2. The van der Waals surface area contributed by atoms with Crippen LogP contribution in [0.4, 0.5) is 0 Å². The van der Waals surface area contributed by atoms with Crippen molar-refractivity contribution in [3.63, 3.8) is 0 Å². The number of hydrogen-bond acceptors (Lipinski definition) is 10. The van der Waals surface area contributed by atoms with Crippen LogP contribution in [-0.4, -0.2) is 113 Å². The van der Waals surface area contributed by atoms with Gasteiger partial charge in [-0.1, -0.05) is 130 Å². The zero-order chi connectivity index (χ0) is 41.0. The number of nitrogens with zero attached hydrogens (tertiary/aromatic N) is 1. The van der Waals surface area contributed by atoms with Gasteiger partial charge in [-0.3, -0.25) is 14.5 Å². The number of rotatable bonds is 46. The molecule has 0 heterocycles. The van der Waals surface area contributed by atoms with Gasteiger partial charge in [0.05, 0.1) is 72.3 Å². The van der Waals surface area contributed by atoms with E-state index in [0.29, 0.717) is 72.5 Å². The van der Waals surface area contributed by atoms with Crippen LogP contribution < -0.4 is 0 Å². The van der Waals surface area contributed by atoms with Gasteiger partial charge in [0.2, 0.25) is 0 Å². The van der Waals surface area contributed by atoms with Gasteiger partial charge in [-0.15, -0.1) is 0 Å². The van der Waals surface area contributed by atoms with Crippen molar-refractivity contribution in [2.45, 2.75) is 207 Å². The first-order chi connectivity index (χ1) is 27.5. The number of carbonyl (C=O) groups excluding carboxylic acids is 2. The molecule has 56 heavy (non-hydrogen) atoms. The molecule has 10 heteroatoms. The zero-order valence-corrected chi connectivity index (χ0v) is 37.2. The lowest BCUT2D eigenvalue weighted by atomic mass is 10.0. The quantitative estimate of drug-likeness (QED) is 0.0471. The van der Waals surface area contributed by atoms with Crippen molar-refractivity contribution in [3.8, 4) is 0 Å². The van der Waals surface area contributed by atoms with Crippen molar-refractivity contribution in [2.24, 2.45) is 0 Å². The highest BCUT2D eigenvalue weighted by atomic mass is 16.6. The topological polar surface area (TPSA) is 113 Å². The summed E-state index contributed by atoms with van der Waals surface area (Å²) in [7, 11) is 0. The highest BCUT2D eigenvalue weighted by molar-refractivity contribution is 5.70. The second-order valence-electron chi connectivity index (χ2n) is 15.6. The van der Waals surface area contributed by atoms with Crippen LogP contribution in [0.2, 0.25) is 0 Å². The molecule has 0 aliphatic rings. The lowest BCUT2D eigenvalue weighted by Gasteiger charge is -2.21. The van der Waals surface area contributed by atoms with Crippen molar-refractivity contribution in [1.29, 1.82) is 0 Å². The van der Waals surface area contributed by atoms with Crippen molar-refractivity contribution in [1.82, 2.24) is 4.90 Å². The van der Waals surface area contributed by atoms with Gasteiger partial charge >= 0.3 is 11.9 Å². The Bertz CT molecular complexity index is 756. The molecule has 0 aromatic carbocycles. The highest BCUT2D eigenvalue weighted by Gasteiger charge is 2.16. The summed E-state index contributed by atoms with van der Waals surface area (Å²) in [5, 5.41) is 9.49. The molecule has 0 aromatic rings. The number of esters is 2. The lowest BCUT2D eigenvalue weighted by molar-refractivity contribution is -0.152. The SMILES string of the molecule is CCCCCCCCC(CCCCCC)OC(=O)CCOCCOCCN(CCO)CCOCCOCCC(=O)OC(CCCCCC)CCCCCCCC. The fourth-order valence-electron chi connectivity index (χ4n) is 6.74. The van der Waals surface area contributed by atoms with E-state index in [0.717, 1.165) is 51.4 Å². The van der Waals surface area contributed by atoms with E-state index in [1.807, 2.05) is 0 Å². The van der Waals surface area contributed by atoms with Crippen LogP contribution in [0.15, 0.2) is 0 Å². The molecule has 2 atom stereocenters. The van der Waals surface area contributed by atoms with Crippen LogP contribution in [0.25, 0.3) is 0 Å². The summed E-state index contributed by atoms with van der Waals surface area (Å²) in [5.41, 5.74) is 0. The largest absolute Gasteiger partial charge is 0.462 e. The summed E-state index contributed by atoms with van der Waals surface area (Å²) < 4.78 is 34.5. The second-order valence-corrected chi connectivity index (χ2v) is 15.6. The first-order valence-electron chi connectivity index (χ1n) is 23.5. The normalized spacial score (nSPS) is 12.7. The summed E-state index contributed by atoms with van der Waals surface area (Å²) in [6.45, 7) is 14.3. The number of aliphatic hydroxyl groups is 1. The van der Waals surface area contributed by atoms with Gasteiger partial charge in [0.25, 0.3) is 0 Å². The Morgan fingerprint density at radius 1 is 0.411 bits per heavy atom. The maximum atomic E-state index is 12.5. The Labute approximate surface area is 345 Å². The van der Waals surface area contributed by atoms with E-state index in [1.54, 1.807) is 0 Å². The molecule has 0 aliphatic carbocycles. The third-order valence-corrected chi connectivity index (χ3v) is 10.3.